The predicted octanol–water partition coefficient (Wildman–Crippen LogP) is -1.22. The number of unbranched alkanes of at least 4 members (excludes halogenated alkanes) is 1. The Bertz CT molecular complexity index is 272. The standard InChI is InChI=1S/C8H15N2.CH2O3/c1-3-4-5-10-7-6-9(2)8-10;2-1(3)4/h6-8H,3-5H2,1-2H3;(H2,2,3,4)/q+1;/p-1. The van der Waals surface area contributed by atoms with Gasteiger partial charge in [-0.1, -0.05) is 13.3 Å². The average molecular weight is 200 g/mol. The third kappa shape index (κ3) is 7.15. The predicted molar refractivity (Wildman–Crippen MR) is 47.0 cm³/mol. The van der Waals surface area contributed by atoms with Gasteiger partial charge in [-0.05, 0) is 12.6 Å². The van der Waals surface area contributed by atoms with Crippen molar-refractivity contribution in [2.75, 3.05) is 0 Å². The Hall–Kier alpha value is -1.52. The molecule has 0 N–H and O–H groups in total. The van der Waals surface area contributed by atoms with Crippen molar-refractivity contribution in [1.29, 1.82) is 0 Å². The largest absolute Gasteiger partial charge is 1.00 e. The lowest BCUT2D eigenvalue weighted by Gasteiger charge is -1.96. The van der Waals surface area contributed by atoms with Gasteiger partial charge in [-0.2, -0.15) is 0 Å². The molecule has 0 bridgehead atoms. The van der Waals surface area contributed by atoms with E-state index in [2.05, 4.69) is 34.8 Å². The van der Waals surface area contributed by atoms with Crippen LogP contribution in [0.25, 0.3) is 0 Å². The van der Waals surface area contributed by atoms with Gasteiger partial charge in [-0.15, -0.1) is 0 Å². The van der Waals surface area contributed by atoms with E-state index in [1.54, 1.807) is 0 Å². The molecule has 1 rings (SSSR count). The lowest BCUT2D eigenvalue weighted by atomic mass is 10.3. The smallest absolute Gasteiger partial charge is 0.652 e. The maximum Gasteiger partial charge on any atom is 1.00 e. The molecule has 0 fully saturated rings. The second-order valence-electron chi connectivity index (χ2n) is 2.92. The summed E-state index contributed by atoms with van der Waals surface area (Å²) in [4.78, 5) is 8.33. The molecule has 5 nitrogen and oxygen atoms in total. The second-order valence-corrected chi connectivity index (χ2v) is 2.92. The lowest BCUT2D eigenvalue weighted by Crippen LogP contribution is -2.37. The van der Waals surface area contributed by atoms with Crippen molar-refractivity contribution >= 4 is 6.16 Å². The third-order valence-corrected chi connectivity index (χ3v) is 1.59. The Balaban J connectivity index is 0. The number of hydrogen-bond donors (Lipinski definition) is 0. The molecule has 0 aliphatic rings. The molecule has 80 valence electrons. The topological polar surface area (TPSA) is 72.0 Å². The van der Waals surface area contributed by atoms with Crippen LogP contribution in [-0.4, -0.2) is 10.7 Å². The van der Waals surface area contributed by atoms with Gasteiger partial charge >= 0.3 is 1.43 Å². The number of hydrogen-bond acceptors (Lipinski definition) is 3. The zero-order chi connectivity index (χ0) is 11.0. The van der Waals surface area contributed by atoms with Crippen molar-refractivity contribution in [3.05, 3.63) is 18.7 Å². The van der Waals surface area contributed by atoms with Crippen LogP contribution in [0.1, 0.15) is 21.2 Å². The molecule has 1 aromatic heterocycles. The van der Waals surface area contributed by atoms with Gasteiger partial charge in [0.1, 0.15) is 12.4 Å². The quantitative estimate of drug-likeness (QED) is 0.574. The number of carbonyl (C=O) groups excluding carboxylic acids is 1. The summed E-state index contributed by atoms with van der Waals surface area (Å²) in [5.41, 5.74) is 0. The molecule has 0 saturated heterocycles. The van der Waals surface area contributed by atoms with Crippen molar-refractivity contribution in [3.8, 4) is 0 Å². The zero-order valence-electron chi connectivity index (χ0n) is 9.47. The number of rotatable bonds is 3. The molecule has 14 heavy (non-hydrogen) atoms. The molecule has 1 heterocycles. The molecule has 0 atom stereocenters. The van der Waals surface area contributed by atoms with Crippen LogP contribution in [0.5, 0.6) is 0 Å². The van der Waals surface area contributed by atoms with Crippen LogP contribution in [-0.2, 0) is 13.6 Å². The number of carbonyl (C=O) groups is 1. The van der Waals surface area contributed by atoms with E-state index in [0.717, 1.165) is 6.54 Å². The summed E-state index contributed by atoms with van der Waals surface area (Å²) >= 11 is 0. The second kappa shape index (κ2) is 6.94. The van der Waals surface area contributed by atoms with Crippen LogP contribution in [0.3, 0.4) is 0 Å². The Morgan fingerprint density at radius 3 is 2.50 bits per heavy atom. The molecule has 0 spiro atoms. The van der Waals surface area contributed by atoms with Crippen molar-refractivity contribution in [2.45, 2.75) is 26.3 Å². The minimum Gasteiger partial charge on any atom is -0.652 e. The van der Waals surface area contributed by atoms with Gasteiger partial charge < -0.3 is 15.0 Å². The fourth-order valence-corrected chi connectivity index (χ4v) is 0.975. The van der Waals surface area contributed by atoms with E-state index in [1.807, 2.05) is 7.05 Å². The first-order chi connectivity index (χ1) is 6.56. The molecule has 0 aliphatic heterocycles. The Morgan fingerprint density at radius 2 is 2.14 bits per heavy atom. The van der Waals surface area contributed by atoms with Crippen LogP contribution < -0.4 is 14.8 Å². The fourth-order valence-electron chi connectivity index (χ4n) is 0.975. The van der Waals surface area contributed by atoms with Gasteiger partial charge in [-0.3, -0.25) is 0 Å². The summed E-state index contributed by atoms with van der Waals surface area (Å²) in [6.07, 6.45) is 6.48. The van der Waals surface area contributed by atoms with E-state index in [-0.39, 0.29) is 1.43 Å². The van der Waals surface area contributed by atoms with Gasteiger partial charge in [0.2, 0.25) is 6.33 Å². The summed E-state index contributed by atoms with van der Waals surface area (Å²) in [5.74, 6) is 0. The highest BCUT2D eigenvalue weighted by atomic mass is 16.6. The third-order valence-electron chi connectivity index (χ3n) is 1.59. The van der Waals surface area contributed by atoms with Gasteiger partial charge in [0.05, 0.1) is 13.6 Å². The molecule has 0 aromatic carbocycles. The summed E-state index contributed by atoms with van der Waals surface area (Å²) in [5, 5.41) is 16.7. The van der Waals surface area contributed by atoms with Crippen molar-refractivity contribution in [3.63, 3.8) is 0 Å². The average Bonchev–Trinajstić information content (AvgIpc) is 2.47. The minimum atomic E-state index is -2.33. The summed E-state index contributed by atoms with van der Waals surface area (Å²) in [6.45, 7) is 3.36. The van der Waals surface area contributed by atoms with E-state index in [4.69, 9.17) is 15.0 Å². The number of aromatic nitrogens is 2. The molecular weight excluding hydrogens is 184 g/mol. The molecular formula is C9H16N2O3. The van der Waals surface area contributed by atoms with Crippen LogP contribution in [0.4, 0.5) is 4.79 Å². The minimum absolute atomic E-state index is 0. The molecule has 0 saturated carbocycles. The summed E-state index contributed by atoms with van der Waals surface area (Å²) in [7, 11) is 2.04. The van der Waals surface area contributed by atoms with Crippen molar-refractivity contribution in [2.24, 2.45) is 7.05 Å². The monoisotopic (exact) mass is 200 g/mol. The molecule has 1 aromatic rings. The fraction of sp³-hybridized carbons (Fsp3) is 0.556. The maximum atomic E-state index is 8.33. The zero-order valence-corrected chi connectivity index (χ0v) is 8.47. The number of carboxylic acid groups (broad SMARTS) is 2. The normalized spacial score (nSPS) is 9.00. The lowest BCUT2D eigenvalue weighted by molar-refractivity contribution is -0.671. The van der Waals surface area contributed by atoms with Crippen LogP contribution in [0.2, 0.25) is 0 Å². The highest BCUT2D eigenvalue weighted by Gasteiger charge is 1.96. The van der Waals surface area contributed by atoms with Gasteiger partial charge in [0.25, 0.3) is 0 Å². The van der Waals surface area contributed by atoms with Crippen LogP contribution in [0.15, 0.2) is 18.7 Å². The summed E-state index contributed by atoms with van der Waals surface area (Å²) < 4.78 is 4.28. The van der Waals surface area contributed by atoms with E-state index in [9.17, 15) is 0 Å². The Labute approximate surface area is 84.7 Å². The summed E-state index contributed by atoms with van der Waals surface area (Å²) in [6, 6.07) is 0. The first kappa shape index (κ1) is 12.5. The van der Waals surface area contributed by atoms with Gasteiger partial charge in [-0.25, -0.2) is 9.13 Å². The first-order valence-electron chi connectivity index (χ1n) is 4.45. The molecule has 0 unspecified atom stereocenters. The highest BCUT2D eigenvalue weighted by Crippen LogP contribution is 1.91. The first-order valence-corrected chi connectivity index (χ1v) is 4.45. The molecule has 5 heteroatoms. The SMILES string of the molecule is CCCCn1cc[n+](C)c1.O=C([O-])[O-].[H+]. The van der Waals surface area contributed by atoms with Gasteiger partial charge in [0, 0.05) is 0 Å². The van der Waals surface area contributed by atoms with Crippen LogP contribution in [0, 0.1) is 0 Å². The molecule has 0 radical (unpaired) electrons. The van der Waals surface area contributed by atoms with Gasteiger partial charge in [0.15, 0.2) is 0 Å². The van der Waals surface area contributed by atoms with E-state index in [1.165, 1.54) is 12.8 Å². The molecule has 0 amide bonds. The van der Waals surface area contributed by atoms with Crippen molar-refractivity contribution < 1.29 is 21.0 Å². The van der Waals surface area contributed by atoms with E-state index in [0.29, 0.717) is 0 Å². The number of imidazole rings is 1. The van der Waals surface area contributed by atoms with E-state index >= 15 is 0 Å². The highest BCUT2D eigenvalue weighted by molar-refractivity contribution is 5.47. The van der Waals surface area contributed by atoms with Crippen molar-refractivity contribution in [1.82, 2.24) is 4.57 Å². The Kier molecular flexibility index (Phi) is 6.19. The number of nitrogens with zero attached hydrogens (tertiary/aromatic N) is 2. The maximum absolute atomic E-state index is 8.33. The molecule has 0 aliphatic carbocycles. The Morgan fingerprint density at radius 1 is 1.57 bits per heavy atom. The van der Waals surface area contributed by atoms with Crippen LogP contribution >= 0.6 is 0 Å². The van der Waals surface area contributed by atoms with E-state index < -0.39 is 6.16 Å². The number of aryl methyl sites for hydroxylation is 2.